The Labute approximate surface area is 57.5 Å². The Morgan fingerprint density at radius 2 is 2.00 bits per heavy atom. The smallest absolute Gasteiger partial charge is 0.213 e. The van der Waals surface area contributed by atoms with Crippen LogP contribution in [0.3, 0.4) is 0 Å². The van der Waals surface area contributed by atoms with E-state index in [0.29, 0.717) is 0 Å². The molecule has 0 aliphatic heterocycles. The van der Waals surface area contributed by atoms with Crippen molar-refractivity contribution in [3.8, 4) is 0 Å². The number of alkyl halides is 2. The fraction of sp³-hybridized carbons (Fsp3) is 1.00. The fourth-order valence-electron chi connectivity index (χ4n) is 0.600. The highest BCUT2D eigenvalue weighted by Gasteiger charge is 2.58. The summed E-state index contributed by atoms with van der Waals surface area (Å²) in [5.74, 6) is -2.82. The van der Waals surface area contributed by atoms with E-state index < -0.39 is 22.0 Å². The van der Waals surface area contributed by atoms with E-state index in [2.05, 4.69) is 0 Å². The number of hydrogen-bond donors (Lipinski definition) is 1. The fourth-order valence-corrected chi connectivity index (χ4v) is 1.37. The van der Waals surface area contributed by atoms with Crippen LogP contribution in [0, 0.1) is 0 Å². The lowest BCUT2D eigenvalue weighted by Gasteiger charge is -1.97. The Balaban J connectivity index is 2.46. The predicted octanol–water partition coefficient (Wildman–Crippen LogP) is -0.0568. The molecule has 0 aromatic carbocycles. The van der Waals surface area contributed by atoms with E-state index in [4.69, 9.17) is 0 Å². The van der Waals surface area contributed by atoms with Crippen molar-refractivity contribution in [3.05, 3.63) is 0 Å². The van der Waals surface area contributed by atoms with Crippen LogP contribution in [0.5, 0.6) is 0 Å². The first-order chi connectivity index (χ1) is 4.31. The zero-order chi connectivity index (χ0) is 7.99. The molecule has 0 aromatic rings. The number of hydrogen-bond acceptors (Lipinski definition) is 2. The van der Waals surface area contributed by atoms with Crippen LogP contribution in [-0.2, 0) is 10.0 Å². The maximum atomic E-state index is 12.0. The molecule has 0 bridgehead atoms. The van der Waals surface area contributed by atoms with Crippen LogP contribution in [0.25, 0.3) is 0 Å². The first-order valence-corrected chi connectivity index (χ1v) is 4.55. The minimum Gasteiger partial charge on any atom is -0.213 e. The lowest BCUT2D eigenvalue weighted by molar-refractivity contribution is 0.110. The predicted molar refractivity (Wildman–Crippen MR) is 31.3 cm³/mol. The molecule has 1 aliphatic rings. The standard InChI is InChI=1S/C4H7F2NO2S/c1-10(8,9)7-3-2-4(3,5)6/h3,7H,2H2,1H3. The minimum absolute atomic E-state index is 0.375. The van der Waals surface area contributed by atoms with E-state index in [9.17, 15) is 17.2 Å². The molecular weight excluding hydrogens is 164 g/mol. The van der Waals surface area contributed by atoms with Crippen molar-refractivity contribution in [1.29, 1.82) is 0 Å². The molecule has 0 aromatic heterocycles. The molecular formula is C4H7F2NO2S. The highest BCUT2D eigenvalue weighted by molar-refractivity contribution is 7.88. The largest absolute Gasteiger partial charge is 0.266 e. The van der Waals surface area contributed by atoms with E-state index in [1.807, 2.05) is 0 Å². The molecule has 1 rings (SSSR count). The molecule has 3 nitrogen and oxygen atoms in total. The van der Waals surface area contributed by atoms with Gasteiger partial charge in [0.25, 0.3) is 5.92 Å². The molecule has 0 heterocycles. The molecule has 0 spiro atoms. The van der Waals surface area contributed by atoms with E-state index >= 15 is 0 Å². The van der Waals surface area contributed by atoms with Crippen LogP contribution in [0.2, 0.25) is 0 Å². The average Bonchev–Trinajstić information content (AvgIpc) is 2.05. The number of sulfonamides is 1. The second kappa shape index (κ2) is 1.88. The third-order valence-corrected chi connectivity index (χ3v) is 1.89. The first kappa shape index (κ1) is 7.87. The number of nitrogens with one attached hydrogen (secondary N) is 1. The van der Waals surface area contributed by atoms with Crippen LogP contribution >= 0.6 is 0 Å². The molecule has 1 atom stereocenters. The van der Waals surface area contributed by atoms with Gasteiger partial charge in [-0.05, 0) is 0 Å². The number of rotatable bonds is 2. The van der Waals surface area contributed by atoms with Crippen molar-refractivity contribution >= 4 is 10.0 Å². The molecule has 0 radical (unpaired) electrons. The van der Waals surface area contributed by atoms with E-state index in [-0.39, 0.29) is 6.42 Å². The SMILES string of the molecule is CS(=O)(=O)NC1CC1(F)F. The average molecular weight is 171 g/mol. The summed E-state index contributed by atoms with van der Waals surface area (Å²) in [4.78, 5) is 0. The Morgan fingerprint density at radius 3 is 2.10 bits per heavy atom. The number of halogens is 2. The first-order valence-electron chi connectivity index (χ1n) is 2.66. The minimum atomic E-state index is -3.46. The van der Waals surface area contributed by atoms with Crippen LogP contribution in [-0.4, -0.2) is 26.6 Å². The van der Waals surface area contributed by atoms with Crippen LogP contribution < -0.4 is 4.72 Å². The highest BCUT2D eigenvalue weighted by Crippen LogP contribution is 2.41. The van der Waals surface area contributed by atoms with Gasteiger partial charge in [-0.2, -0.15) is 0 Å². The second-order valence-electron chi connectivity index (χ2n) is 2.41. The summed E-state index contributed by atoms with van der Waals surface area (Å²) in [5.41, 5.74) is 0. The second-order valence-corrected chi connectivity index (χ2v) is 4.19. The normalized spacial score (nSPS) is 30.1. The summed E-state index contributed by atoms with van der Waals surface area (Å²) in [7, 11) is -3.46. The third kappa shape index (κ3) is 1.88. The lowest BCUT2D eigenvalue weighted by Crippen LogP contribution is -2.27. The van der Waals surface area contributed by atoms with Crippen molar-refractivity contribution < 1.29 is 17.2 Å². The van der Waals surface area contributed by atoms with Crippen molar-refractivity contribution in [3.63, 3.8) is 0 Å². The van der Waals surface area contributed by atoms with E-state index in [1.54, 1.807) is 4.72 Å². The summed E-state index contributed by atoms with van der Waals surface area (Å²) < 4.78 is 46.5. The van der Waals surface area contributed by atoms with Gasteiger partial charge in [0.15, 0.2) is 0 Å². The molecule has 1 fully saturated rings. The van der Waals surface area contributed by atoms with Gasteiger partial charge in [-0.25, -0.2) is 21.9 Å². The maximum Gasteiger partial charge on any atom is 0.266 e. The van der Waals surface area contributed by atoms with Gasteiger partial charge in [-0.1, -0.05) is 0 Å². The molecule has 0 amide bonds. The van der Waals surface area contributed by atoms with E-state index in [0.717, 1.165) is 6.26 Å². The highest BCUT2D eigenvalue weighted by atomic mass is 32.2. The van der Waals surface area contributed by atoms with Gasteiger partial charge in [-0.3, -0.25) is 0 Å². The molecule has 1 N–H and O–H groups in total. The van der Waals surface area contributed by atoms with Gasteiger partial charge in [0.1, 0.15) is 0 Å². The van der Waals surface area contributed by atoms with Crippen molar-refractivity contribution in [2.75, 3.05) is 6.26 Å². The lowest BCUT2D eigenvalue weighted by atomic mass is 10.7. The monoisotopic (exact) mass is 171 g/mol. The van der Waals surface area contributed by atoms with Gasteiger partial charge in [0.05, 0.1) is 12.3 Å². The summed E-state index contributed by atoms with van der Waals surface area (Å²) in [5, 5.41) is 0. The molecule has 60 valence electrons. The Morgan fingerprint density at radius 1 is 1.60 bits per heavy atom. The van der Waals surface area contributed by atoms with Crippen molar-refractivity contribution in [1.82, 2.24) is 4.72 Å². The maximum absolute atomic E-state index is 12.0. The molecule has 1 unspecified atom stereocenters. The zero-order valence-corrected chi connectivity index (χ0v) is 6.08. The molecule has 1 saturated carbocycles. The van der Waals surface area contributed by atoms with Gasteiger partial charge >= 0.3 is 0 Å². The topological polar surface area (TPSA) is 46.2 Å². The van der Waals surface area contributed by atoms with Crippen molar-refractivity contribution in [2.24, 2.45) is 0 Å². The van der Waals surface area contributed by atoms with Gasteiger partial charge in [0.2, 0.25) is 10.0 Å². The Hall–Kier alpha value is -0.230. The molecule has 1 aliphatic carbocycles. The van der Waals surface area contributed by atoms with Gasteiger partial charge < -0.3 is 0 Å². The summed E-state index contributed by atoms with van der Waals surface area (Å²) >= 11 is 0. The van der Waals surface area contributed by atoms with Gasteiger partial charge in [0, 0.05) is 6.42 Å². The molecule has 6 heteroatoms. The quantitative estimate of drug-likeness (QED) is 0.632. The summed E-state index contributed by atoms with van der Waals surface area (Å²) in [6, 6.07) is -1.16. The summed E-state index contributed by atoms with van der Waals surface area (Å²) in [6.45, 7) is 0. The van der Waals surface area contributed by atoms with Crippen LogP contribution in [0.15, 0.2) is 0 Å². The molecule has 10 heavy (non-hydrogen) atoms. The zero-order valence-electron chi connectivity index (χ0n) is 5.27. The van der Waals surface area contributed by atoms with Crippen molar-refractivity contribution in [2.45, 2.75) is 18.4 Å². The molecule has 0 saturated heterocycles. The Kier molecular flexibility index (Phi) is 1.48. The Bertz CT molecular complexity index is 236. The van der Waals surface area contributed by atoms with Crippen LogP contribution in [0.4, 0.5) is 8.78 Å². The van der Waals surface area contributed by atoms with Gasteiger partial charge in [-0.15, -0.1) is 0 Å². The van der Waals surface area contributed by atoms with Crippen LogP contribution in [0.1, 0.15) is 6.42 Å². The van der Waals surface area contributed by atoms with E-state index in [1.165, 1.54) is 0 Å². The third-order valence-electron chi connectivity index (χ3n) is 1.18. The summed E-state index contributed by atoms with van der Waals surface area (Å²) in [6.07, 6.45) is 0.488.